The first-order valence-electron chi connectivity index (χ1n) is 13.6. The molecule has 2 unspecified atom stereocenters. The number of fused-ring (bicyclic) bond motifs is 1. The lowest BCUT2D eigenvalue weighted by Crippen LogP contribution is -2.48. The summed E-state index contributed by atoms with van der Waals surface area (Å²) in [5, 5.41) is 2.14. The zero-order chi connectivity index (χ0) is 26.2. The fourth-order valence-corrected chi connectivity index (χ4v) is 6.46. The van der Waals surface area contributed by atoms with Crippen LogP contribution in [0.15, 0.2) is 66.0 Å². The molecule has 2 atom stereocenters. The minimum Gasteiger partial charge on any atom is -0.330 e. The van der Waals surface area contributed by atoms with Crippen LogP contribution in [0, 0.1) is 0 Å². The van der Waals surface area contributed by atoms with Gasteiger partial charge in [-0.1, -0.05) is 82.3 Å². The van der Waals surface area contributed by atoms with Gasteiger partial charge in [0, 0.05) is 17.5 Å². The standard InChI is InChI=1S/C32H38N2O2S/c1-5-26(22-9-7-6-8-10-22)31(36)34(25-15-16-25)21-29(35)33-19-17-28-27(18-20-37-28)30(33)23-11-13-24(14-12-23)32(2,3)4/h6-14,18,20,25-26,30H,5,15-17,19,21H2,1-4H3. The van der Waals surface area contributed by atoms with Gasteiger partial charge in [-0.05, 0) is 64.8 Å². The minimum absolute atomic E-state index is 0.0462. The van der Waals surface area contributed by atoms with Gasteiger partial charge in [-0.3, -0.25) is 9.59 Å². The second-order valence-electron chi connectivity index (χ2n) is 11.5. The number of thiophene rings is 1. The summed E-state index contributed by atoms with van der Waals surface area (Å²) in [6.45, 7) is 9.56. The summed E-state index contributed by atoms with van der Waals surface area (Å²) in [6.07, 6.45) is 3.56. The first kappa shape index (κ1) is 25.7. The number of hydrogen-bond acceptors (Lipinski definition) is 3. The van der Waals surface area contributed by atoms with Crippen molar-refractivity contribution < 1.29 is 9.59 Å². The molecule has 194 valence electrons. The molecule has 37 heavy (non-hydrogen) atoms. The number of carbonyl (C=O) groups excluding carboxylic acids is 2. The molecule has 0 N–H and O–H groups in total. The van der Waals surface area contributed by atoms with Crippen LogP contribution in [0.5, 0.6) is 0 Å². The molecule has 1 aliphatic heterocycles. The van der Waals surface area contributed by atoms with E-state index in [0.717, 1.165) is 36.8 Å². The van der Waals surface area contributed by atoms with E-state index >= 15 is 0 Å². The molecule has 2 heterocycles. The number of rotatable bonds is 7. The SMILES string of the molecule is CCC(C(=O)N(CC(=O)N1CCc2sccc2C1c1ccc(C(C)(C)C)cc1)C1CC1)c1ccccc1. The van der Waals surface area contributed by atoms with Crippen molar-refractivity contribution in [1.29, 1.82) is 0 Å². The van der Waals surface area contributed by atoms with Gasteiger partial charge in [0.2, 0.25) is 11.8 Å². The summed E-state index contributed by atoms with van der Waals surface area (Å²) >= 11 is 1.78. The summed E-state index contributed by atoms with van der Waals surface area (Å²) in [5.41, 5.74) is 4.76. The van der Waals surface area contributed by atoms with Crippen LogP contribution in [0.3, 0.4) is 0 Å². The molecule has 2 aromatic carbocycles. The van der Waals surface area contributed by atoms with Crippen molar-refractivity contribution in [2.45, 2.75) is 76.8 Å². The Morgan fingerprint density at radius 1 is 1.03 bits per heavy atom. The second-order valence-corrected chi connectivity index (χ2v) is 12.5. The zero-order valence-corrected chi connectivity index (χ0v) is 23.3. The van der Waals surface area contributed by atoms with E-state index in [0.29, 0.717) is 6.54 Å². The van der Waals surface area contributed by atoms with Gasteiger partial charge >= 0.3 is 0 Å². The zero-order valence-electron chi connectivity index (χ0n) is 22.4. The van der Waals surface area contributed by atoms with Crippen molar-refractivity contribution >= 4 is 23.2 Å². The molecule has 2 amide bonds. The van der Waals surface area contributed by atoms with Gasteiger partial charge in [0.05, 0.1) is 12.0 Å². The third kappa shape index (κ3) is 5.38. The van der Waals surface area contributed by atoms with E-state index in [1.165, 1.54) is 16.0 Å². The van der Waals surface area contributed by atoms with Gasteiger partial charge in [0.15, 0.2) is 0 Å². The van der Waals surface area contributed by atoms with E-state index in [2.05, 4.69) is 63.4 Å². The number of nitrogens with zero attached hydrogens (tertiary/aromatic N) is 2. The van der Waals surface area contributed by atoms with Gasteiger partial charge in [0.1, 0.15) is 6.54 Å². The fraction of sp³-hybridized carbons (Fsp3) is 0.438. The van der Waals surface area contributed by atoms with E-state index < -0.39 is 0 Å². The Hall–Kier alpha value is -2.92. The van der Waals surface area contributed by atoms with E-state index in [4.69, 9.17) is 0 Å². The quantitative estimate of drug-likeness (QED) is 0.352. The van der Waals surface area contributed by atoms with Crippen molar-refractivity contribution in [3.63, 3.8) is 0 Å². The molecule has 0 saturated heterocycles. The predicted molar refractivity (Wildman–Crippen MR) is 151 cm³/mol. The van der Waals surface area contributed by atoms with Gasteiger partial charge in [-0.25, -0.2) is 0 Å². The average Bonchev–Trinajstić information content (AvgIpc) is 3.62. The molecule has 3 aromatic rings. The Balaban J connectivity index is 1.41. The lowest BCUT2D eigenvalue weighted by Gasteiger charge is -2.38. The molecule has 1 saturated carbocycles. The van der Waals surface area contributed by atoms with Crippen LogP contribution in [0.1, 0.15) is 86.0 Å². The average molecular weight is 515 g/mol. The van der Waals surface area contributed by atoms with Crippen molar-refractivity contribution in [2.75, 3.05) is 13.1 Å². The summed E-state index contributed by atoms with van der Waals surface area (Å²) in [5.74, 6) is -0.0750. The van der Waals surface area contributed by atoms with Gasteiger partial charge in [0.25, 0.3) is 0 Å². The van der Waals surface area contributed by atoms with E-state index in [1.54, 1.807) is 11.3 Å². The van der Waals surface area contributed by atoms with Crippen LogP contribution in [-0.2, 0) is 21.4 Å². The first-order chi connectivity index (χ1) is 17.8. The Morgan fingerprint density at radius 3 is 2.35 bits per heavy atom. The maximum absolute atomic E-state index is 14.0. The molecule has 4 nitrogen and oxygen atoms in total. The van der Waals surface area contributed by atoms with Crippen LogP contribution >= 0.6 is 11.3 Å². The van der Waals surface area contributed by atoms with Crippen LogP contribution < -0.4 is 0 Å². The molecule has 1 aromatic heterocycles. The Morgan fingerprint density at radius 2 is 1.73 bits per heavy atom. The number of benzene rings is 2. The van der Waals surface area contributed by atoms with E-state index in [9.17, 15) is 9.59 Å². The number of amides is 2. The van der Waals surface area contributed by atoms with Gasteiger partial charge < -0.3 is 9.80 Å². The highest BCUT2D eigenvalue weighted by atomic mass is 32.1. The Labute approximate surface area is 225 Å². The van der Waals surface area contributed by atoms with E-state index in [1.807, 2.05) is 40.1 Å². The van der Waals surface area contributed by atoms with Gasteiger partial charge in [-0.2, -0.15) is 0 Å². The third-order valence-corrected chi connectivity index (χ3v) is 8.86. The molecule has 1 fully saturated rings. The third-order valence-electron chi connectivity index (χ3n) is 7.86. The lowest BCUT2D eigenvalue weighted by atomic mass is 9.85. The predicted octanol–water partition coefficient (Wildman–Crippen LogP) is 6.70. The summed E-state index contributed by atoms with van der Waals surface area (Å²) in [6, 6.07) is 21.0. The Bertz CT molecular complexity index is 1240. The topological polar surface area (TPSA) is 40.6 Å². The number of hydrogen-bond donors (Lipinski definition) is 0. The minimum atomic E-state index is -0.208. The molecule has 5 heteroatoms. The van der Waals surface area contributed by atoms with Crippen LogP contribution in [-0.4, -0.2) is 40.7 Å². The van der Waals surface area contributed by atoms with Crippen molar-refractivity contribution in [2.24, 2.45) is 0 Å². The number of carbonyl (C=O) groups is 2. The normalized spacial score (nSPS) is 18.3. The lowest BCUT2D eigenvalue weighted by molar-refractivity contribution is -0.143. The first-order valence-corrected chi connectivity index (χ1v) is 14.5. The highest BCUT2D eigenvalue weighted by molar-refractivity contribution is 7.10. The molecule has 5 rings (SSSR count). The van der Waals surface area contributed by atoms with Crippen molar-refractivity contribution in [1.82, 2.24) is 9.80 Å². The monoisotopic (exact) mass is 514 g/mol. The maximum Gasteiger partial charge on any atom is 0.243 e. The maximum atomic E-state index is 14.0. The Kier molecular flexibility index (Phi) is 7.26. The summed E-state index contributed by atoms with van der Waals surface area (Å²) in [4.78, 5) is 33.0. The van der Waals surface area contributed by atoms with Crippen LogP contribution in [0.25, 0.3) is 0 Å². The second kappa shape index (κ2) is 10.4. The summed E-state index contributed by atoms with van der Waals surface area (Å²) < 4.78 is 0. The fourth-order valence-electron chi connectivity index (χ4n) is 5.56. The largest absolute Gasteiger partial charge is 0.330 e. The smallest absolute Gasteiger partial charge is 0.243 e. The molecular formula is C32H38N2O2S. The van der Waals surface area contributed by atoms with E-state index in [-0.39, 0.29) is 41.8 Å². The molecule has 0 spiro atoms. The van der Waals surface area contributed by atoms with Crippen LogP contribution in [0.4, 0.5) is 0 Å². The highest BCUT2D eigenvalue weighted by Crippen LogP contribution is 2.39. The van der Waals surface area contributed by atoms with Crippen LogP contribution in [0.2, 0.25) is 0 Å². The molecule has 0 radical (unpaired) electrons. The van der Waals surface area contributed by atoms with Crippen molar-refractivity contribution in [3.8, 4) is 0 Å². The molecular weight excluding hydrogens is 476 g/mol. The molecule has 2 aliphatic rings. The van der Waals surface area contributed by atoms with Crippen molar-refractivity contribution in [3.05, 3.63) is 93.2 Å². The molecule has 1 aliphatic carbocycles. The molecule has 0 bridgehead atoms. The summed E-state index contributed by atoms with van der Waals surface area (Å²) in [7, 11) is 0. The van der Waals surface area contributed by atoms with Gasteiger partial charge in [-0.15, -0.1) is 11.3 Å². The highest BCUT2D eigenvalue weighted by Gasteiger charge is 2.40.